The van der Waals surface area contributed by atoms with Gasteiger partial charge in [0.2, 0.25) is 0 Å². The second-order valence-corrected chi connectivity index (χ2v) is 4.92. The summed E-state index contributed by atoms with van der Waals surface area (Å²) in [5, 5.41) is 17.1. The highest BCUT2D eigenvalue weighted by Gasteiger charge is 2.31. The fourth-order valence-electron chi connectivity index (χ4n) is 1.18. The molecule has 0 amide bonds. The predicted octanol–water partition coefficient (Wildman–Crippen LogP) is 0.883. The predicted molar refractivity (Wildman–Crippen MR) is 63.8 cm³/mol. The molecule has 0 aliphatic heterocycles. The van der Waals surface area contributed by atoms with Crippen molar-refractivity contribution in [3.8, 4) is 0 Å². The molecule has 1 atom stereocenters. The Labute approximate surface area is 99.2 Å². The van der Waals surface area contributed by atoms with Gasteiger partial charge < -0.3 is 10.4 Å². The maximum atomic E-state index is 11.1. The SMILES string of the molecule is CNC(C)(CSc1cc(C)nn1C)C(=O)O. The number of thioether (sulfide) groups is 1. The number of carbonyl (C=O) groups is 1. The van der Waals surface area contributed by atoms with E-state index in [0.717, 1.165) is 10.7 Å². The number of nitrogens with zero attached hydrogens (tertiary/aromatic N) is 2. The molecule has 0 aliphatic rings. The van der Waals surface area contributed by atoms with E-state index < -0.39 is 11.5 Å². The van der Waals surface area contributed by atoms with Gasteiger partial charge in [-0.2, -0.15) is 5.10 Å². The van der Waals surface area contributed by atoms with Gasteiger partial charge in [0.1, 0.15) is 5.54 Å². The number of rotatable bonds is 5. The number of hydrogen-bond donors (Lipinski definition) is 2. The summed E-state index contributed by atoms with van der Waals surface area (Å²) in [5.41, 5.74) is 0.0227. The Bertz CT molecular complexity index is 391. The van der Waals surface area contributed by atoms with Crippen LogP contribution in [0.4, 0.5) is 0 Å². The van der Waals surface area contributed by atoms with Gasteiger partial charge in [0.25, 0.3) is 0 Å². The Morgan fingerprint density at radius 2 is 2.38 bits per heavy atom. The first-order valence-electron chi connectivity index (χ1n) is 4.95. The summed E-state index contributed by atoms with van der Waals surface area (Å²) >= 11 is 1.48. The number of likely N-dealkylation sites (N-methyl/N-ethyl adjacent to an activating group) is 1. The van der Waals surface area contributed by atoms with Crippen molar-refractivity contribution >= 4 is 17.7 Å². The molecule has 0 saturated heterocycles. The topological polar surface area (TPSA) is 67.2 Å². The van der Waals surface area contributed by atoms with Crippen LogP contribution < -0.4 is 5.32 Å². The van der Waals surface area contributed by atoms with Crippen LogP contribution in [0.1, 0.15) is 12.6 Å². The molecular weight excluding hydrogens is 226 g/mol. The summed E-state index contributed by atoms with van der Waals surface area (Å²) in [6.07, 6.45) is 0. The van der Waals surface area contributed by atoms with Gasteiger partial charge in [-0.15, -0.1) is 11.8 Å². The second-order valence-electron chi connectivity index (χ2n) is 3.92. The first kappa shape index (κ1) is 13.1. The molecule has 0 radical (unpaired) electrons. The molecule has 2 N–H and O–H groups in total. The van der Waals surface area contributed by atoms with Crippen LogP contribution in [0, 0.1) is 6.92 Å². The molecule has 1 aromatic heterocycles. The zero-order chi connectivity index (χ0) is 12.3. The van der Waals surface area contributed by atoms with Gasteiger partial charge in [-0.1, -0.05) is 0 Å². The van der Waals surface area contributed by atoms with Crippen molar-refractivity contribution in [3.05, 3.63) is 11.8 Å². The summed E-state index contributed by atoms with van der Waals surface area (Å²) < 4.78 is 1.76. The Morgan fingerprint density at radius 1 is 1.75 bits per heavy atom. The minimum Gasteiger partial charge on any atom is -0.480 e. The molecule has 1 aromatic rings. The van der Waals surface area contributed by atoms with Gasteiger partial charge in [-0.3, -0.25) is 9.48 Å². The molecule has 0 aliphatic carbocycles. The highest BCUT2D eigenvalue weighted by atomic mass is 32.2. The van der Waals surface area contributed by atoms with Crippen LogP contribution >= 0.6 is 11.8 Å². The van der Waals surface area contributed by atoms with E-state index in [0.29, 0.717) is 5.75 Å². The van der Waals surface area contributed by atoms with E-state index in [1.165, 1.54) is 11.8 Å². The number of aromatic nitrogens is 2. The molecule has 0 bridgehead atoms. The smallest absolute Gasteiger partial charge is 0.324 e. The fraction of sp³-hybridized carbons (Fsp3) is 0.600. The van der Waals surface area contributed by atoms with E-state index in [4.69, 9.17) is 5.11 Å². The molecule has 0 aromatic carbocycles. The van der Waals surface area contributed by atoms with Crippen molar-refractivity contribution in [2.75, 3.05) is 12.8 Å². The maximum Gasteiger partial charge on any atom is 0.324 e. The Balaban J connectivity index is 2.70. The van der Waals surface area contributed by atoms with Crippen molar-refractivity contribution in [1.82, 2.24) is 15.1 Å². The zero-order valence-corrected chi connectivity index (χ0v) is 10.8. The quantitative estimate of drug-likeness (QED) is 0.752. The van der Waals surface area contributed by atoms with Gasteiger partial charge in [0.15, 0.2) is 0 Å². The third kappa shape index (κ3) is 2.76. The minimum atomic E-state index is -0.914. The summed E-state index contributed by atoms with van der Waals surface area (Å²) in [6, 6.07) is 1.95. The first-order valence-corrected chi connectivity index (χ1v) is 5.93. The molecule has 1 heterocycles. The largest absolute Gasteiger partial charge is 0.480 e. The normalized spacial score (nSPS) is 14.8. The first-order chi connectivity index (χ1) is 7.39. The Hall–Kier alpha value is -1.01. The van der Waals surface area contributed by atoms with E-state index >= 15 is 0 Å². The number of hydrogen-bond acceptors (Lipinski definition) is 4. The van der Waals surface area contributed by atoms with Crippen LogP contribution in [-0.2, 0) is 11.8 Å². The summed E-state index contributed by atoms with van der Waals surface area (Å²) in [4.78, 5) is 11.1. The van der Waals surface area contributed by atoms with Crippen molar-refractivity contribution in [2.45, 2.75) is 24.4 Å². The van der Waals surface area contributed by atoms with Crippen LogP contribution in [0.15, 0.2) is 11.1 Å². The lowest BCUT2D eigenvalue weighted by Crippen LogP contribution is -2.49. The van der Waals surface area contributed by atoms with Gasteiger partial charge >= 0.3 is 5.97 Å². The van der Waals surface area contributed by atoms with Gasteiger partial charge in [-0.25, -0.2) is 0 Å². The van der Waals surface area contributed by atoms with Crippen molar-refractivity contribution in [1.29, 1.82) is 0 Å². The molecule has 16 heavy (non-hydrogen) atoms. The molecule has 6 heteroatoms. The van der Waals surface area contributed by atoms with E-state index in [1.807, 2.05) is 20.0 Å². The third-order valence-corrected chi connectivity index (χ3v) is 3.89. The molecule has 1 rings (SSSR count). The van der Waals surface area contributed by atoms with Crippen LogP contribution in [0.3, 0.4) is 0 Å². The Morgan fingerprint density at radius 3 is 2.75 bits per heavy atom. The average molecular weight is 243 g/mol. The summed E-state index contributed by atoms with van der Waals surface area (Å²) in [7, 11) is 3.51. The molecule has 0 saturated carbocycles. The molecule has 5 nitrogen and oxygen atoms in total. The number of carboxylic acid groups (broad SMARTS) is 1. The Kier molecular flexibility index (Phi) is 3.98. The van der Waals surface area contributed by atoms with Crippen LogP contribution in [0.5, 0.6) is 0 Å². The minimum absolute atomic E-state index is 0.456. The second kappa shape index (κ2) is 4.88. The molecule has 0 spiro atoms. The molecule has 90 valence electrons. The highest BCUT2D eigenvalue weighted by Crippen LogP contribution is 2.23. The zero-order valence-electron chi connectivity index (χ0n) is 9.94. The van der Waals surface area contributed by atoms with Crippen LogP contribution in [-0.4, -0.2) is 39.2 Å². The lowest BCUT2D eigenvalue weighted by atomic mass is 10.1. The third-order valence-electron chi connectivity index (χ3n) is 2.49. The lowest BCUT2D eigenvalue weighted by Gasteiger charge is -2.23. The molecule has 1 unspecified atom stereocenters. The number of carboxylic acids is 1. The van der Waals surface area contributed by atoms with Gasteiger partial charge in [-0.05, 0) is 27.0 Å². The van der Waals surface area contributed by atoms with E-state index in [9.17, 15) is 4.79 Å². The fourth-order valence-corrected chi connectivity index (χ4v) is 2.37. The number of aryl methyl sites for hydroxylation is 2. The molecule has 0 fully saturated rings. The van der Waals surface area contributed by atoms with E-state index in [2.05, 4.69) is 10.4 Å². The van der Waals surface area contributed by atoms with Crippen LogP contribution in [0.2, 0.25) is 0 Å². The van der Waals surface area contributed by atoms with Gasteiger partial charge in [0, 0.05) is 12.8 Å². The van der Waals surface area contributed by atoms with Crippen molar-refractivity contribution in [3.63, 3.8) is 0 Å². The monoisotopic (exact) mass is 243 g/mol. The number of nitrogens with one attached hydrogen (secondary N) is 1. The maximum absolute atomic E-state index is 11.1. The van der Waals surface area contributed by atoms with Crippen LogP contribution in [0.25, 0.3) is 0 Å². The summed E-state index contributed by atoms with van der Waals surface area (Å²) in [5.74, 6) is -0.390. The molecular formula is C10H17N3O2S. The highest BCUT2D eigenvalue weighted by molar-refractivity contribution is 7.99. The average Bonchev–Trinajstić information content (AvgIpc) is 2.53. The van der Waals surface area contributed by atoms with Gasteiger partial charge in [0.05, 0.1) is 10.7 Å². The standard InChI is InChI=1S/C10H17N3O2S/c1-7-5-8(13(4)12-7)16-6-10(2,11-3)9(14)15/h5,11H,6H2,1-4H3,(H,14,15). The van der Waals surface area contributed by atoms with Crippen molar-refractivity contribution < 1.29 is 9.90 Å². The van der Waals surface area contributed by atoms with Crippen molar-refractivity contribution in [2.24, 2.45) is 7.05 Å². The summed E-state index contributed by atoms with van der Waals surface area (Å²) in [6.45, 7) is 3.59. The van der Waals surface area contributed by atoms with E-state index in [1.54, 1.807) is 18.7 Å². The number of aliphatic carboxylic acids is 1. The lowest BCUT2D eigenvalue weighted by molar-refractivity contribution is -0.142. The van der Waals surface area contributed by atoms with E-state index in [-0.39, 0.29) is 0 Å².